The van der Waals surface area contributed by atoms with Gasteiger partial charge in [-0.15, -0.1) is 0 Å². The van der Waals surface area contributed by atoms with Crippen LogP contribution < -0.4 is 0 Å². The fourth-order valence-corrected chi connectivity index (χ4v) is 3.56. The summed E-state index contributed by atoms with van der Waals surface area (Å²) in [5.74, 6) is -0.106. The van der Waals surface area contributed by atoms with Gasteiger partial charge < -0.3 is 37.6 Å². The lowest BCUT2D eigenvalue weighted by Crippen LogP contribution is -2.27. The van der Waals surface area contributed by atoms with Crippen LogP contribution in [0.25, 0.3) is 0 Å². The summed E-state index contributed by atoms with van der Waals surface area (Å²) in [6.45, 7) is 17.7. The molecular weight excluding hydrogens is 472 g/mol. The zero-order valence-corrected chi connectivity index (χ0v) is 24.0. The summed E-state index contributed by atoms with van der Waals surface area (Å²) < 4.78 is 43.7. The van der Waals surface area contributed by atoms with Gasteiger partial charge in [-0.2, -0.15) is 0 Å². The molecule has 210 valence electrons. The average Bonchev–Trinajstić information content (AvgIpc) is 2.82. The molecule has 0 aliphatic carbocycles. The lowest BCUT2D eigenvalue weighted by Gasteiger charge is -2.16. The minimum Gasteiger partial charge on any atom is -0.463 e. The second kappa shape index (κ2) is 25.1. The molecule has 1 atom stereocenters. The molecule has 0 aliphatic heterocycles. The van der Waals surface area contributed by atoms with Gasteiger partial charge in [0.2, 0.25) is 0 Å². The van der Waals surface area contributed by atoms with Crippen LogP contribution in [-0.4, -0.2) is 107 Å². The first-order valence-corrected chi connectivity index (χ1v) is 16.6. The normalized spacial score (nSPS) is 12.7. The summed E-state index contributed by atoms with van der Waals surface area (Å²) in [6.07, 6.45) is 3.87. The molecule has 0 aliphatic rings. The van der Waals surface area contributed by atoms with Crippen molar-refractivity contribution >= 4 is 14.3 Å². The van der Waals surface area contributed by atoms with Crippen LogP contribution in [0.5, 0.6) is 0 Å². The van der Waals surface area contributed by atoms with Crippen LogP contribution in [0.15, 0.2) is 0 Å². The van der Waals surface area contributed by atoms with E-state index in [1.165, 1.54) is 0 Å². The van der Waals surface area contributed by atoms with Gasteiger partial charge >= 0.3 is 5.97 Å². The Labute approximate surface area is 214 Å². The highest BCUT2D eigenvalue weighted by atomic mass is 28.4. The molecule has 0 N–H and O–H groups in total. The van der Waals surface area contributed by atoms with E-state index < -0.39 is 8.32 Å². The molecule has 0 heterocycles. The highest BCUT2D eigenvalue weighted by Crippen LogP contribution is 2.14. The third-order valence-corrected chi connectivity index (χ3v) is 5.90. The largest absolute Gasteiger partial charge is 0.463 e. The van der Waals surface area contributed by atoms with Crippen molar-refractivity contribution in [3.8, 4) is 0 Å². The van der Waals surface area contributed by atoms with Crippen molar-refractivity contribution < 1.29 is 42.4 Å². The number of carbonyl (C=O) groups excluding carboxylic acids is 1. The van der Waals surface area contributed by atoms with E-state index in [-0.39, 0.29) is 18.5 Å². The Balaban J connectivity index is 3.21. The minimum atomic E-state index is -1.44. The fourth-order valence-electron chi connectivity index (χ4n) is 2.87. The third kappa shape index (κ3) is 26.3. The highest BCUT2D eigenvalue weighted by molar-refractivity contribution is 6.69. The van der Waals surface area contributed by atoms with Crippen LogP contribution in [-0.2, 0) is 42.4 Å². The van der Waals surface area contributed by atoms with E-state index >= 15 is 0 Å². The molecule has 0 rings (SSSR count). The van der Waals surface area contributed by atoms with Gasteiger partial charge in [-0.3, -0.25) is 4.79 Å². The molecule has 0 fully saturated rings. The molecule has 1 unspecified atom stereocenters. The first kappa shape index (κ1) is 34.4. The van der Waals surface area contributed by atoms with E-state index in [9.17, 15) is 4.79 Å². The van der Waals surface area contributed by atoms with Gasteiger partial charge in [0.15, 0.2) is 8.32 Å². The number of carbonyl (C=O) groups is 1. The van der Waals surface area contributed by atoms with Gasteiger partial charge in [-0.25, -0.2) is 0 Å². The SMILES string of the molecule is CCCCC(CC)C(=O)OCCOCCOCCOCCOCCOCCOCCO[Si](C)(C)C. The van der Waals surface area contributed by atoms with Gasteiger partial charge in [0.1, 0.15) is 6.61 Å². The van der Waals surface area contributed by atoms with Crippen molar-refractivity contribution in [2.45, 2.75) is 59.2 Å². The van der Waals surface area contributed by atoms with Crippen molar-refractivity contribution in [2.75, 3.05) is 92.5 Å². The second-order valence-electron chi connectivity index (χ2n) is 9.05. The maximum atomic E-state index is 12.0. The van der Waals surface area contributed by atoms with E-state index in [1.54, 1.807) is 0 Å². The summed E-state index contributed by atoms with van der Waals surface area (Å²) >= 11 is 0. The molecule has 0 amide bonds. The van der Waals surface area contributed by atoms with Gasteiger partial charge in [-0.1, -0.05) is 26.7 Å². The molecule has 0 saturated heterocycles. The Morgan fingerprint density at radius 3 is 1.31 bits per heavy atom. The zero-order chi connectivity index (χ0) is 26.0. The summed E-state index contributed by atoms with van der Waals surface area (Å²) in [4.78, 5) is 12.0. The second-order valence-corrected chi connectivity index (χ2v) is 13.6. The quantitative estimate of drug-likeness (QED) is 0.0906. The third-order valence-electron chi connectivity index (χ3n) is 4.83. The lowest BCUT2D eigenvalue weighted by atomic mass is 10.00. The highest BCUT2D eigenvalue weighted by Gasteiger charge is 2.17. The minimum absolute atomic E-state index is 0.00698. The Morgan fingerprint density at radius 1 is 0.600 bits per heavy atom. The number of hydrogen-bond donors (Lipinski definition) is 0. The molecule has 0 bridgehead atoms. The van der Waals surface area contributed by atoms with Crippen molar-refractivity contribution in [1.29, 1.82) is 0 Å². The predicted molar refractivity (Wildman–Crippen MR) is 138 cm³/mol. The summed E-state index contributed by atoms with van der Waals surface area (Å²) in [7, 11) is -1.44. The van der Waals surface area contributed by atoms with E-state index in [1.807, 2.05) is 6.92 Å². The molecule has 0 spiro atoms. The molecule has 35 heavy (non-hydrogen) atoms. The predicted octanol–water partition coefficient (Wildman–Crippen LogP) is 3.70. The number of unbranched alkanes of at least 4 members (excludes halogenated alkanes) is 1. The zero-order valence-electron chi connectivity index (χ0n) is 23.0. The van der Waals surface area contributed by atoms with E-state index in [0.29, 0.717) is 85.9 Å². The van der Waals surface area contributed by atoms with E-state index in [4.69, 9.17) is 37.6 Å². The molecule has 10 heteroatoms. The number of ether oxygens (including phenoxy) is 7. The van der Waals surface area contributed by atoms with E-state index in [2.05, 4.69) is 26.6 Å². The van der Waals surface area contributed by atoms with Crippen molar-refractivity contribution in [1.82, 2.24) is 0 Å². The molecule has 0 aromatic rings. The van der Waals surface area contributed by atoms with Gasteiger partial charge in [0, 0.05) is 0 Å². The molecule has 0 saturated carbocycles. The number of esters is 1. The number of rotatable bonds is 27. The Morgan fingerprint density at radius 2 is 0.971 bits per heavy atom. The molecular formula is C25H52O9Si. The molecule has 0 aromatic carbocycles. The van der Waals surface area contributed by atoms with Crippen LogP contribution in [0.2, 0.25) is 19.6 Å². The number of hydrogen-bond acceptors (Lipinski definition) is 9. The standard InChI is InChI=1S/C25H52O9Si/c1-6-8-9-24(7-2)25(26)33-22-20-31-18-16-29-14-12-27-10-11-28-13-15-30-17-19-32-21-23-34-35(3,4)5/h24H,6-23H2,1-5H3. The Hall–Kier alpha value is -0.593. The van der Waals surface area contributed by atoms with Gasteiger partial charge in [-0.05, 0) is 32.5 Å². The topological polar surface area (TPSA) is 90.9 Å². The van der Waals surface area contributed by atoms with Crippen LogP contribution >= 0.6 is 0 Å². The molecule has 0 radical (unpaired) electrons. The van der Waals surface area contributed by atoms with Crippen molar-refractivity contribution in [3.05, 3.63) is 0 Å². The van der Waals surface area contributed by atoms with Crippen molar-refractivity contribution in [3.63, 3.8) is 0 Å². The fraction of sp³-hybridized carbons (Fsp3) is 0.960. The first-order valence-electron chi connectivity index (χ1n) is 13.2. The summed E-state index contributed by atoms with van der Waals surface area (Å²) in [6, 6.07) is 0. The first-order chi connectivity index (χ1) is 16.9. The van der Waals surface area contributed by atoms with Crippen LogP contribution in [0.1, 0.15) is 39.5 Å². The summed E-state index contributed by atoms with van der Waals surface area (Å²) in [5, 5.41) is 0. The smallest absolute Gasteiger partial charge is 0.308 e. The van der Waals surface area contributed by atoms with Crippen LogP contribution in [0, 0.1) is 5.92 Å². The van der Waals surface area contributed by atoms with Crippen LogP contribution in [0.3, 0.4) is 0 Å². The summed E-state index contributed by atoms with van der Waals surface area (Å²) in [5.41, 5.74) is 0. The Kier molecular flexibility index (Phi) is 24.6. The van der Waals surface area contributed by atoms with Crippen LogP contribution in [0.4, 0.5) is 0 Å². The average molecular weight is 525 g/mol. The molecule has 9 nitrogen and oxygen atoms in total. The van der Waals surface area contributed by atoms with Gasteiger partial charge in [0.05, 0.1) is 91.8 Å². The monoisotopic (exact) mass is 524 g/mol. The van der Waals surface area contributed by atoms with E-state index in [0.717, 1.165) is 25.7 Å². The Bertz CT molecular complexity index is 461. The van der Waals surface area contributed by atoms with Gasteiger partial charge in [0.25, 0.3) is 0 Å². The van der Waals surface area contributed by atoms with Crippen molar-refractivity contribution in [2.24, 2.45) is 5.92 Å². The molecule has 0 aromatic heterocycles. The maximum Gasteiger partial charge on any atom is 0.308 e. The maximum absolute atomic E-state index is 12.0. The lowest BCUT2D eigenvalue weighted by molar-refractivity contribution is -0.150.